The maximum atomic E-state index is 11.0. The van der Waals surface area contributed by atoms with Gasteiger partial charge in [-0.3, -0.25) is 4.79 Å². The van der Waals surface area contributed by atoms with Gasteiger partial charge in [0.25, 0.3) is 0 Å². The van der Waals surface area contributed by atoms with Gasteiger partial charge in [-0.05, 0) is 12.8 Å². The second kappa shape index (κ2) is 17.8. The fourth-order valence-corrected chi connectivity index (χ4v) is 2.80. The summed E-state index contributed by atoms with van der Waals surface area (Å²) in [6.45, 7) is 4.19. The minimum atomic E-state index is -0.261. The van der Waals surface area contributed by atoms with Crippen molar-refractivity contribution in [3.63, 3.8) is 0 Å². The molecule has 1 unspecified atom stereocenters. The fraction of sp³-hybridized carbons (Fsp3) is 0.667. The molecule has 0 saturated heterocycles. The number of amides is 1. The Hall–Kier alpha value is -1.50. The summed E-state index contributed by atoms with van der Waals surface area (Å²) in [6.07, 6.45) is 10.8. The summed E-state index contributed by atoms with van der Waals surface area (Å²) >= 11 is 1.50. The summed E-state index contributed by atoms with van der Waals surface area (Å²) in [5, 5.41) is -0.132. The molecule has 0 aromatic rings. The number of nitrogens with two attached hydrogens (primary N) is 1. The first kappa shape index (κ1) is 22.5. The quantitative estimate of drug-likeness (QED) is 0.467. The van der Waals surface area contributed by atoms with E-state index >= 15 is 0 Å². The van der Waals surface area contributed by atoms with Crippen LogP contribution in [0.25, 0.3) is 0 Å². The van der Waals surface area contributed by atoms with E-state index in [1.54, 1.807) is 0 Å². The Morgan fingerprint density at radius 1 is 0.875 bits per heavy atom. The molecule has 0 fully saturated rings. The Labute approximate surface area is 153 Å². The average molecular weight is 346 g/mol. The van der Waals surface area contributed by atoms with Crippen LogP contribution in [0.5, 0.6) is 0 Å². The summed E-state index contributed by atoms with van der Waals surface area (Å²) in [5.41, 5.74) is 5.27. The Morgan fingerprint density at radius 2 is 1.46 bits per heavy atom. The van der Waals surface area contributed by atoms with Crippen LogP contribution in [0.15, 0.2) is 0 Å². The van der Waals surface area contributed by atoms with E-state index in [0.29, 0.717) is 18.6 Å². The largest absolute Gasteiger partial charge is 0.369 e. The van der Waals surface area contributed by atoms with Gasteiger partial charge in [-0.1, -0.05) is 75.6 Å². The van der Waals surface area contributed by atoms with E-state index in [-0.39, 0.29) is 11.2 Å². The van der Waals surface area contributed by atoms with Crippen LogP contribution in [0, 0.1) is 35.5 Å². The van der Waals surface area contributed by atoms with Gasteiger partial charge < -0.3 is 5.73 Å². The van der Waals surface area contributed by atoms with Gasteiger partial charge in [-0.15, -0.1) is 17.7 Å². The first-order valence-corrected chi connectivity index (χ1v) is 10.0. The van der Waals surface area contributed by atoms with E-state index in [0.717, 1.165) is 12.8 Å². The zero-order valence-electron chi connectivity index (χ0n) is 15.2. The van der Waals surface area contributed by atoms with Crippen molar-refractivity contribution in [1.82, 2.24) is 0 Å². The van der Waals surface area contributed by atoms with Crippen molar-refractivity contribution in [2.24, 2.45) is 5.73 Å². The van der Waals surface area contributed by atoms with Gasteiger partial charge in [-0.25, -0.2) is 0 Å². The zero-order valence-corrected chi connectivity index (χ0v) is 16.1. The molecule has 132 valence electrons. The zero-order chi connectivity index (χ0) is 17.9. The summed E-state index contributed by atoms with van der Waals surface area (Å²) in [6, 6.07) is 0. The molecule has 3 heteroatoms. The molecular formula is C21H31NOS. The molecule has 1 amide bonds. The second-order valence-corrected chi connectivity index (χ2v) is 6.73. The molecule has 0 aliphatic rings. The van der Waals surface area contributed by atoms with Crippen LogP contribution in [-0.4, -0.2) is 16.9 Å². The predicted octanol–water partition coefficient (Wildman–Crippen LogP) is 4.52. The number of primary amides is 1. The third-order valence-electron chi connectivity index (χ3n) is 3.43. The number of hydrogen-bond acceptors (Lipinski definition) is 2. The highest BCUT2D eigenvalue weighted by Crippen LogP contribution is 2.12. The van der Waals surface area contributed by atoms with Gasteiger partial charge in [-0.2, -0.15) is 0 Å². The van der Waals surface area contributed by atoms with Crippen LogP contribution in [0.3, 0.4) is 0 Å². The highest BCUT2D eigenvalue weighted by atomic mass is 32.2. The predicted molar refractivity (Wildman–Crippen MR) is 106 cm³/mol. The average Bonchev–Trinajstić information content (AvgIpc) is 2.57. The minimum Gasteiger partial charge on any atom is -0.369 e. The first-order valence-electron chi connectivity index (χ1n) is 9.00. The van der Waals surface area contributed by atoms with Crippen LogP contribution in [-0.2, 0) is 4.79 Å². The van der Waals surface area contributed by atoms with Crippen LogP contribution in [0.1, 0.15) is 78.1 Å². The van der Waals surface area contributed by atoms with Crippen molar-refractivity contribution < 1.29 is 4.79 Å². The number of carbonyl (C=O) groups is 1. The summed E-state index contributed by atoms with van der Waals surface area (Å²) in [7, 11) is 0. The topological polar surface area (TPSA) is 43.1 Å². The molecule has 0 spiro atoms. The number of unbranched alkanes of at least 4 members (excludes halogenated alkanes) is 6. The molecule has 0 aromatic heterocycles. The van der Waals surface area contributed by atoms with E-state index in [1.807, 2.05) is 6.92 Å². The van der Waals surface area contributed by atoms with Gasteiger partial charge in [0.2, 0.25) is 5.91 Å². The molecule has 0 rings (SSSR count). The lowest BCUT2D eigenvalue weighted by Crippen LogP contribution is -2.25. The molecule has 0 bridgehead atoms. The fourth-order valence-electron chi connectivity index (χ4n) is 2.01. The van der Waals surface area contributed by atoms with E-state index in [2.05, 4.69) is 42.4 Å². The van der Waals surface area contributed by atoms with E-state index in [1.165, 1.54) is 50.3 Å². The van der Waals surface area contributed by atoms with Crippen LogP contribution >= 0.6 is 11.8 Å². The van der Waals surface area contributed by atoms with Crippen LogP contribution < -0.4 is 5.73 Å². The molecule has 1 atom stereocenters. The van der Waals surface area contributed by atoms with E-state index in [9.17, 15) is 4.79 Å². The smallest absolute Gasteiger partial charge is 0.230 e. The lowest BCUT2D eigenvalue weighted by molar-refractivity contribution is -0.117. The highest BCUT2D eigenvalue weighted by molar-refractivity contribution is 8.00. The second-order valence-electron chi connectivity index (χ2n) is 5.54. The van der Waals surface area contributed by atoms with E-state index in [4.69, 9.17) is 5.73 Å². The Balaban J connectivity index is 3.61. The summed E-state index contributed by atoms with van der Waals surface area (Å²) in [4.78, 5) is 11.0. The first-order chi connectivity index (χ1) is 11.7. The lowest BCUT2D eigenvalue weighted by atomic mass is 10.1. The number of carbonyl (C=O) groups excluding carboxylic acids is 1. The molecule has 2 N–H and O–H groups in total. The molecular weight excluding hydrogens is 314 g/mol. The SMILES string of the molecule is CCCCCCCCC#CCC#CCC#CCSC(CC)C(N)=O. The maximum absolute atomic E-state index is 11.0. The molecule has 0 aliphatic carbocycles. The summed E-state index contributed by atoms with van der Waals surface area (Å²) in [5.74, 6) is 18.7. The van der Waals surface area contributed by atoms with Gasteiger partial charge in [0, 0.05) is 6.42 Å². The molecule has 0 aromatic carbocycles. The monoisotopic (exact) mass is 345 g/mol. The normalized spacial score (nSPS) is 10.4. The van der Waals surface area contributed by atoms with Gasteiger partial charge in [0.05, 0.1) is 23.8 Å². The third-order valence-corrected chi connectivity index (χ3v) is 4.71. The molecule has 24 heavy (non-hydrogen) atoms. The molecule has 0 heterocycles. The van der Waals surface area contributed by atoms with Crippen molar-refractivity contribution in [2.75, 3.05) is 5.75 Å². The van der Waals surface area contributed by atoms with Crippen molar-refractivity contribution in [3.8, 4) is 35.5 Å². The van der Waals surface area contributed by atoms with Gasteiger partial charge >= 0.3 is 0 Å². The minimum absolute atomic E-state index is 0.132. The standard InChI is InChI=1S/C21H31NOS/c1-3-5-6-7-8-9-10-11-12-13-14-15-16-17-18-19-24-20(4-2)21(22)23/h20H,3-10,13,16,19H2,1-2H3,(H2,22,23). The van der Waals surface area contributed by atoms with Gasteiger partial charge in [0.1, 0.15) is 0 Å². The van der Waals surface area contributed by atoms with Crippen molar-refractivity contribution >= 4 is 17.7 Å². The van der Waals surface area contributed by atoms with Gasteiger partial charge in [0.15, 0.2) is 0 Å². The molecule has 2 nitrogen and oxygen atoms in total. The van der Waals surface area contributed by atoms with Crippen LogP contribution in [0.4, 0.5) is 0 Å². The molecule has 0 aliphatic heterocycles. The van der Waals surface area contributed by atoms with Crippen LogP contribution in [0.2, 0.25) is 0 Å². The molecule has 0 saturated carbocycles. The lowest BCUT2D eigenvalue weighted by Gasteiger charge is -2.06. The van der Waals surface area contributed by atoms with Crippen molar-refractivity contribution in [2.45, 2.75) is 83.3 Å². The maximum Gasteiger partial charge on any atom is 0.230 e. The Kier molecular flexibility index (Phi) is 16.7. The van der Waals surface area contributed by atoms with E-state index < -0.39 is 0 Å². The number of rotatable bonds is 10. The molecule has 0 radical (unpaired) electrons. The highest BCUT2D eigenvalue weighted by Gasteiger charge is 2.11. The third kappa shape index (κ3) is 15.4. The number of hydrogen-bond donors (Lipinski definition) is 1. The summed E-state index contributed by atoms with van der Waals surface area (Å²) < 4.78 is 0. The number of thioether (sulfide) groups is 1. The Bertz CT molecular complexity index is 507. The van der Waals surface area contributed by atoms with Crippen molar-refractivity contribution in [3.05, 3.63) is 0 Å². The Morgan fingerprint density at radius 3 is 2.08 bits per heavy atom. The van der Waals surface area contributed by atoms with Crippen molar-refractivity contribution in [1.29, 1.82) is 0 Å².